The second-order valence-corrected chi connectivity index (χ2v) is 4.72. The number of nitrogens with one attached hydrogen (secondary N) is 2. The Labute approximate surface area is 114 Å². The quantitative estimate of drug-likeness (QED) is 0.779. The van der Waals surface area contributed by atoms with E-state index >= 15 is 0 Å². The summed E-state index contributed by atoms with van der Waals surface area (Å²) in [6.45, 7) is 2.34. The van der Waals surface area contributed by atoms with Crippen LogP contribution in [0.15, 0.2) is 30.3 Å². The van der Waals surface area contributed by atoms with Gasteiger partial charge in [-0.05, 0) is 19.7 Å². The van der Waals surface area contributed by atoms with Crippen molar-refractivity contribution in [2.24, 2.45) is 0 Å². The molecule has 1 rings (SSSR count). The zero-order valence-electron chi connectivity index (χ0n) is 11.6. The van der Waals surface area contributed by atoms with E-state index in [2.05, 4.69) is 10.6 Å². The summed E-state index contributed by atoms with van der Waals surface area (Å²) in [5, 5.41) is 5.48. The lowest BCUT2D eigenvalue weighted by atomic mass is 10.2. The van der Waals surface area contributed by atoms with Crippen LogP contribution in [-0.4, -0.2) is 43.4 Å². The lowest BCUT2D eigenvalue weighted by molar-refractivity contribution is -0.128. The highest BCUT2D eigenvalue weighted by Crippen LogP contribution is 1.98. The van der Waals surface area contributed by atoms with Gasteiger partial charge < -0.3 is 15.5 Å². The van der Waals surface area contributed by atoms with Gasteiger partial charge in [0.2, 0.25) is 11.8 Å². The molecular weight excluding hydrogens is 242 g/mol. The largest absolute Gasteiger partial charge is 0.350 e. The summed E-state index contributed by atoms with van der Waals surface area (Å²) < 4.78 is 0. The first-order valence-electron chi connectivity index (χ1n) is 6.22. The van der Waals surface area contributed by atoms with Crippen molar-refractivity contribution in [2.75, 3.05) is 20.6 Å². The van der Waals surface area contributed by atoms with Crippen LogP contribution in [0.1, 0.15) is 12.5 Å². The molecule has 19 heavy (non-hydrogen) atoms. The fourth-order valence-corrected chi connectivity index (χ4v) is 1.71. The third kappa shape index (κ3) is 6.01. The molecule has 1 aromatic rings. The molecule has 0 aliphatic carbocycles. The normalized spacial score (nSPS) is 12.0. The number of amides is 2. The van der Waals surface area contributed by atoms with Gasteiger partial charge in [-0.2, -0.15) is 0 Å². The lowest BCUT2D eigenvalue weighted by Crippen LogP contribution is -2.50. The Kier molecular flexibility index (Phi) is 6.02. The van der Waals surface area contributed by atoms with E-state index in [1.165, 1.54) is 6.92 Å². The number of nitrogens with zero attached hydrogens (tertiary/aromatic N) is 1. The Morgan fingerprint density at radius 2 is 1.84 bits per heavy atom. The Bertz CT molecular complexity index is 418. The fourth-order valence-electron chi connectivity index (χ4n) is 1.71. The molecule has 0 spiro atoms. The Balaban J connectivity index is 2.54. The van der Waals surface area contributed by atoms with E-state index in [1.54, 1.807) is 0 Å². The third-order valence-electron chi connectivity index (χ3n) is 2.55. The summed E-state index contributed by atoms with van der Waals surface area (Å²) in [5.41, 5.74) is 1.03. The highest BCUT2D eigenvalue weighted by atomic mass is 16.2. The molecular formula is C14H21N3O2. The minimum atomic E-state index is -0.531. The van der Waals surface area contributed by atoms with Crippen molar-refractivity contribution in [3.8, 4) is 0 Å². The van der Waals surface area contributed by atoms with Crippen LogP contribution in [-0.2, 0) is 16.1 Å². The van der Waals surface area contributed by atoms with Crippen LogP contribution >= 0.6 is 0 Å². The molecule has 5 heteroatoms. The minimum Gasteiger partial charge on any atom is -0.350 e. The summed E-state index contributed by atoms with van der Waals surface area (Å²) in [4.78, 5) is 25.0. The van der Waals surface area contributed by atoms with Gasteiger partial charge in [0.05, 0.1) is 0 Å². The Hall–Kier alpha value is -1.88. The van der Waals surface area contributed by atoms with Gasteiger partial charge in [-0.25, -0.2) is 0 Å². The van der Waals surface area contributed by atoms with Crippen LogP contribution in [0.5, 0.6) is 0 Å². The zero-order valence-corrected chi connectivity index (χ0v) is 11.6. The maximum atomic E-state index is 12.0. The molecule has 104 valence electrons. The number of likely N-dealkylation sites (N-methyl/N-ethyl adjacent to an activating group) is 1. The van der Waals surface area contributed by atoms with Crippen molar-refractivity contribution in [3.63, 3.8) is 0 Å². The standard InChI is InChI=1S/C14H21N3O2/c1-11(18)16-13(10-17(2)3)14(19)15-9-12-7-5-4-6-8-12/h4-8,13H,9-10H2,1-3H3,(H,15,19)(H,16,18)/t13-/m0/s1. The summed E-state index contributed by atoms with van der Waals surface area (Å²) in [5.74, 6) is -0.380. The van der Waals surface area contributed by atoms with Crippen LogP contribution < -0.4 is 10.6 Å². The molecule has 1 aromatic carbocycles. The number of carbonyl (C=O) groups excluding carboxylic acids is 2. The van der Waals surface area contributed by atoms with Crippen molar-refractivity contribution in [3.05, 3.63) is 35.9 Å². The maximum Gasteiger partial charge on any atom is 0.244 e. The zero-order chi connectivity index (χ0) is 14.3. The predicted molar refractivity (Wildman–Crippen MR) is 74.4 cm³/mol. The van der Waals surface area contributed by atoms with Gasteiger partial charge in [0, 0.05) is 20.0 Å². The number of hydrogen-bond donors (Lipinski definition) is 2. The number of rotatable bonds is 6. The van der Waals surface area contributed by atoms with Crippen LogP contribution in [0.3, 0.4) is 0 Å². The van der Waals surface area contributed by atoms with E-state index in [0.717, 1.165) is 5.56 Å². The molecule has 5 nitrogen and oxygen atoms in total. The van der Waals surface area contributed by atoms with E-state index in [9.17, 15) is 9.59 Å². The van der Waals surface area contributed by atoms with Gasteiger partial charge in [0.25, 0.3) is 0 Å². The molecule has 2 N–H and O–H groups in total. The summed E-state index contributed by atoms with van der Waals surface area (Å²) in [6, 6.07) is 9.13. The molecule has 0 aromatic heterocycles. The fraction of sp³-hybridized carbons (Fsp3) is 0.429. The molecule has 0 heterocycles. The molecule has 0 saturated heterocycles. The second kappa shape index (κ2) is 7.53. The molecule has 0 saturated carbocycles. The van der Waals surface area contributed by atoms with Gasteiger partial charge in [-0.3, -0.25) is 9.59 Å². The molecule has 2 amide bonds. The van der Waals surface area contributed by atoms with Gasteiger partial charge in [-0.1, -0.05) is 30.3 Å². The van der Waals surface area contributed by atoms with Crippen molar-refractivity contribution < 1.29 is 9.59 Å². The van der Waals surface area contributed by atoms with Crippen molar-refractivity contribution in [2.45, 2.75) is 19.5 Å². The number of hydrogen-bond acceptors (Lipinski definition) is 3. The van der Waals surface area contributed by atoms with Gasteiger partial charge in [0.15, 0.2) is 0 Å². The number of benzene rings is 1. The third-order valence-corrected chi connectivity index (χ3v) is 2.55. The SMILES string of the molecule is CC(=O)N[C@@H](CN(C)C)C(=O)NCc1ccccc1. The first-order chi connectivity index (χ1) is 8.99. The van der Waals surface area contributed by atoms with E-state index in [1.807, 2.05) is 49.3 Å². The average molecular weight is 263 g/mol. The summed E-state index contributed by atoms with van der Waals surface area (Å²) in [6.07, 6.45) is 0. The second-order valence-electron chi connectivity index (χ2n) is 4.72. The van der Waals surface area contributed by atoms with Crippen LogP contribution in [0.25, 0.3) is 0 Å². The average Bonchev–Trinajstić information content (AvgIpc) is 2.35. The van der Waals surface area contributed by atoms with Crippen LogP contribution in [0.2, 0.25) is 0 Å². The molecule has 0 unspecified atom stereocenters. The van der Waals surface area contributed by atoms with Crippen molar-refractivity contribution in [1.82, 2.24) is 15.5 Å². The highest BCUT2D eigenvalue weighted by molar-refractivity contribution is 5.87. The smallest absolute Gasteiger partial charge is 0.244 e. The molecule has 0 aliphatic rings. The van der Waals surface area contributed by atoms with Gasteiger partial charge in [0.1, 0.15) is 6.04 Å². The van der Waals surface area contributed by atoms with Crippen molar-refractivity contribution >= 4 is 11.8 Å². The molecule has 0 bridgehead atoms. The topological polar surface area (TPSA) is 61.4 Å². The Morgan fingerprint density at radius 1 is 1.21 bits per heavy atom. The highest BCUT2D eigenvalue weighted by Gasteiger charge is 2.19. The monoisotopic (exact) mass is 263 g/mol. The summed E-state index contributed by atoms with van der Waals surface area (Å²) in [7, 11) is 3.72. The molecule has 0 radical (unpaired) electrons. The summed E-state index contributed by atoms with van der Waals surface area (Å²) >= 11 is 0. The lowest BCUT2D eigenvalue weighted by Gasteiger charge is -2.21. The first-order valence-corrected chi connectivity index (χ1v) is 6.22. The predicted octanol–water partition coefficient (Wildman–Crippen LogP) is 0.369. The van der Waals surface area contributed by atoms with Gasteiger partial charge in [-0.15, -0.1) is 0 Å². The number of carbonyl (C=O) groups is 2. The van der Waals surface area contributed by atoms with Crippen molar-refractivity contribution in [1.29, 1.82) is 0 Å². The molecule has 0 aliphatic heterocycles. The Morgan fingerprint density at radius 3 is 2.37 bits per heavy atom. The van der Waals surface area contributed by atoms with E-state index in [0.29, 0.717) is 13.1 Å². The maximum absolute atomic E-state index is 12.0. The molecule has 1 atom stereocenters. The van der Waals surface area contributed by atoms with E-state index in [4.69, 9.17) is 0 Å². The van der Waals surface area contributed by atoms with Crippen LogP contribution in [0.4, 0.5) is 0 Å². The molecule has 0 fully saturated rings. The first kappa shape index (κ1) is 15.2. The van der Waals surface area contributed by atoms with Crippen LogP contribution in [0, 0.1) is 0 Å². The van der Waals surface area contributed by atoms with Gasteiger partial charge >= 0.3 is 0 Å². The minimum absolute atomic E-state index is 0.173. The van der Waals surface area contributed by atoms with E-state index in [-0.39, 0.29) is 11.8 Å². The van der Waals surface area contributed by atoms with E-state index < -0.39 is 6.04 Å².